The standard InChI is InChI=1S/C72H129O24P/c1-4-7-10-13-16-19-22-25-27-30-32-34-37-40-43-46-56(74)88-50-53(91-58(76)48-45-42-39-36-33-28-24-21-18-15-12-9-6-3)51-90-97(86,87)96-70-68(94-71-66(84)61(79)59(77)54(49-73)92-71)64(82)63(81)65(83)69(70)95-72-67(85)62(80)60(78)55(93-72)52-89-57(75)47-44-41-38-35-31-29-26-23-20-17-14-11-8-5-2/h28,33,37,40,43,46,53-55,59-73,77-85H,4-27,29-32,34-36,38-39,41-42,44-45,47-52H2,1-3H3,(H,86,87)/b33-28-,40-37+,46-43+. The van der Waals surface area contributed by atoms with Crippen LogP contribution >= 0.6 is 7.82 Å². The van der Waals surface area contributed by atoms with Crippen LogP contribution in [-0.4, -0.2) is 204 Å². The molecule has 25 heteroatoms. The van der Waals surface area contributed by atoms with Gasteiger partial charge in [0.25, 0.3) is 0 Å². The smallest absolute Gasteiger partial charge is 0.463 e. The van der Waals surface area contributed by atoms with Gasteiger partial charge in [-0.3, -0.25) is 18.6 Å². The van der Waals surface area contributed by atoms with Crippen molar-refractivity contribution in [1.82, 2.24) is 0 Å². The summed E-state index contributed by atoms with van der Waals surface area (Å²) in [5, 5.41) is 110. The summed E-state index contributed by atoms with van der Waals surface area (Å²) in [4.78, 5) is 50.8. The molecule has 0 aromatic carbocycles. The number of aliphatic hydroxyl groups is 10. The second-order valence-electron chi connectivity index (χ2n) is 26.7. The molecule has 0 spiro atoms. The molecule has 0 aromatic rings. The molecule has 11 N–H and O–H groups in total. The number of rotatable bonds is 57. The molecule has 24 nitrogen and oxygen atoms in total. The van der Waals surface area contributed by atoms with Crippen LogP contribution in [0.2, 0.25) is 0 Å². The van der Waals surface area contributed by atoms with E-state index in [9.17, 15) is 74.9 Å². The number of hydrogen-bond acceptors (Lipinski definition) is 23. The number of allylic oxidation sites excluding steroid dienone is 5. The Balaban J connectivity index is 1.76. The number of phosphoric acid groups is 1. The molecule has 1 saturated carbocycles. The summed E-state index contributed by atoms with van der Waals surface area (Å²) in [7, 11) is -5.72. The zero-order valence-electron chi connectivity index (χ0n) is 58.9. The minimum atomic E-state index is -5.72. The molecule has 2 heterocycles. The van der Waals surface area contributed by atoms with Crippen LogP contribution in [0.5, 0.6) is 0 Å². The van der Waals surface area contributed by atoms with Gasteiger partial charge in [-0.2, -0.15) is 0 Å². The zero-order chi connectivity index (χ0) is 71.1. The Labute approximate surface area is 578 Å². The first kappa shape index (κ1) is 88.4. The lowest BCUT2D eigenvalue weighted by atomic mass is 9.84. The molecule has 3 rings (SSSR count). The van der Waals surface area contributed by atoms with Crippen LogP contribution in [0.3, 0.4) is 0 Å². The summed E-state index contributed by atoms with van der Waals surface area (Å²) >= 11 is 0. The SMILES string of the molecule is CCCCCCCC/C=C\CCCCCC(=O)OC(COC(=O)/C=C/C=C/CCCCCCCCCCCCC)COP(=O)(O)OC1C(OC2OC(CO)C(O)C(O)C2O)C(O)C(O)C(O)C1OC1OC(COC(=O)CCCCCCCCCCCCCCCC)C(O)C(O)C1O. The molecule has 1 aliphatic carbocycles. The molecular weight excluding hydrogens is 1280 g/mol. The van der Waals surface area contributed by atoms with E-state index in [2.05, 4.69) is 32.9 Å². The van der Waals surface area contributed by atoms with Crippen molar-refractivity contribution in [2.45, 2.75) is 375 Å². The third kappa shape index (κ3) is 37.3. The molecule has 566 valence electrons. The van der Waals surface area contributed by atoms with Crippen LogP contribution < -0.4 is 0 Å². The van der Waals surface area contributed by atoms with Gasteiger partial charge in [0.05, 0.1) is 13.2 Å². The third-order valence-electron chi connectivity index (χ3n) is 18.2. The normalized spacial score (nSPS) is 28.0. The van der Waals surface area contributed by atoms with E-state index < -0.39 is 156 Å². The van der Waals surface area contributed by atoms with Crippen LogP contribution in [0.25, 0.3) is 0 Å². The maximum Gasteiger partial charge on any atom is 0.472 e. The molecule has 0 radical (unpaired) electrons. The van der Waals surface area contributed by atoms with Crippen molar-refractivity contribution in [1.29, 1.82) is 0 Å². The summed E-state index contributed by atoms with van der Waals surface area (Å²) < 4.78 is 64.7. The van der Waals surface area contributed by atoms with Gasteiger partial charge in [-0.25, -0.2) is 9.36 Å². The van der Waals surface area contributed by atoms with Gasteiger partial charge in [0.1, 0.15) is 98.7 Å². The van der Waals surface area contributed by atoms with E-state index in [-0.39, 0.29) is 12.8 Å². The highest BCUT2D eigenvalue weighted by Gasteiger charge is 2.58. The number of carbonyl (C=O) groups excluding carboxylic acids is 3. The van der Waals surface area contributed by atoms with E-state index >= 15 is 0 Å². The first-order valence-electron chi connectivity index (χ1n) is 37.3. The van der Waals surface area contributed by atoms with E-state index in [0.717, 1.165) is 89.5 Å². The van der Waals surface area contributed by atoms with Gasteiger partial charge in [0, 0.05) is 18.9 Å². The Kier molecular flexibility index (Phi) is 49.1. The highest BCUT2D eigenvalue weighted by molar-refractivity contribution is 7.47. The summed E-state index contributed by atoms with van der Waals surface area (Å²) in [5.41, 5.74) is 0. The monoisotopic (exact) mass is 1410 g/mol. The fourth-order valence-electron chi connectivity index (χ4n) is 12.1. The summed E-state index contributed by atoms with van der Waals surface area (Å²) in [6, 6.07) is 0. The van der Waals surface area contributed by atoms with E-state index in [1.54, 1.807) is 6.08 Å². The molecule has 18 atom stereocenters. The molecule has 2 saturated heterocycles. The molecule has 0 bridgehead atoms. The highest BCUT2D eigenvalue weighted by atomic mass is 31.2. The number of esters is 3. The van der Waals surface area contributed by atoms with Gasteiger partial charge in [-0.1, -0.05) is 237 Å². The van der Waals surface area contributed by atoms with Crippen LogP contribution in [0.15, 0.2) is 36.5 Å². The Bertz CT molecular complexity index is 2150. The number of carbonyl (C=O) groups is 3. The van der Waals surface area contributed by atoms with Crippen LogP contribution in [-0.2, 0) is 61.2 Å². The Hall–Kier alpha value is -2.82. The first-order valence-corrected chi connectivity index (χ1v) is 38.8. The molecule has 97 heavy (non-hydrogen) atoms. The first-order chi connectivity index (χ1) is 46.8. The maximum atomic E-state index is 14.3. The Morgan fingerprint density at radius 3 is 1.26 bits per heavy atom. The number of phosphoric ester groups is 1. The van der Waals surface area contributed by atoms with Crippen molar-refractivity contribution in [2.24, 2.45) is 0 Å². The number of aliphatic hydroxyl groups excluding tert-OH is 10. The summed E-state index contributed by atoms with van der Waals surface area (Å²) in [6.07, 6.45) is 15.7. The summed E-state index contributed by atoms with van der Waals surface area (Å²) in [6.45, 7) is 3.30. The lowest BCUT2D eigenvalue weighted by Crippen LogP contribution is -2.69. The van der Waals surface area contributed by atoms with E-state index in [1.807, 2.05) is 6.08 Å². The molecule has 0 aromatic heterocycles. The largest absolute Gasteiger partial charge is 0.472 e. The van der Waals surface area contributed by atoms with Crippen molar-refractivity contribution in [3.63, 3.8) is 0 Å². The Morgan fingerprint density at radius 1 is 0.423 bits per heavy atom. The number of hydrogen-bond donors (Lipinski definition) is 11. The van der Waals surface area contributed by atoms with Crippen molar-refractivity contribution >= 4 is 25.7 Å². The number of ether oxygens (including phenoxy) is 7. The lowest BCUT2D eigenvalue weighted by Gasteiger charge is -2.49. The maximum absolute atomic E-state index is 14.3. The van der Waals surface area contributed by atoms with E-state index in [1.165, 1.54) is 141 Å². The minimum absolute atomic E-state index is 0.0271. The summed E-state index contributed by atoms with van der Waals surface area (Å²) in [5.74, 6) is -2.26. The molecule has 2 aliphatic heterocycles. The van der Waals surface area contributed by atoms with E-state index in [4.69, 9.17) is 42.2 Å². The van der Waals surface area contributed by atoms with Crippen LogP contribution in [0.1, 0.15) is 271 Å². The minimum Gasteiger partial charge on any atom is -0.463 e. The quantitative estimate of drug-likeness (QED) is 0.00513. The number of unbranched alkanes of at least 4 members (excludes halogenated alkanes) is 33. The van der Waals surface area contributed by atoms with Gasteiger partial charge in [-0.15, -0.1) is 0 Å². The molecule has 3 aliphatic rings. The van der Waals surface area contributed by atoms with Gasteiger partial charge in [0.15, 0.2) is 18.7 Å². The molecule has 0 amide bonds. The van der Waals surface area contributed by atoms with E-state index in [0.29, 0.717) is 19.3 Å². The average molecular weight is 1410 g/mol. The molecule has 3 fully saturated rings. The second kappa shape index (κ2) is 53.9. The zero-order valence-corrected chi connectivity index (χ0v) is 59.8. The van der Waals surface area contributed by atoms with Gasteiger partial charge in [0.2, 0.25) is 0 Å². The Morgan fingerprint density at radius 2 is 0.804 bits per heavy atom. The predicted molar refractivity (Wildman–Crippen MR) is 365 cm³/mol. The van der Waals surface area contributed by atoms with Gasteiger partial charge in [-0.05, 0) is 51.4 Å². The van der Waals surface area contributed by atoms with Gasteiger partial charge < -0.3 is 89.1 Å². The topological polar surface area (TPSA) is 374 Å². The van der Waals surface area contributed by atoms with Crippen molar-refractivity contribution < 1.29 is 117 Å². The highest BCUT2D eigenvalue weighted by Crippen LogP contribution is 2.49. The van der Waals surface area contributed by atoms with Crippen LogP contribution in [0.4, 0.5) is 0 Å². The van der Waals surface area contributed by atoms with Gasteiger partial charge >= 0.3 is 25.7 Å². The second-order valence-corrected chi connectivity index (χ2v) is 28.1. The average Bonchev–Trinajstić information content (AvgIpc) is 0.764. The van der Waals surface area contributed by atoms with Crippen molar-refractivity contribution in [3.05, 3.63) is 36.5 Å². The lowest BCUT2D eigenvalue weighted by molar-refractivity contribution is -0.360. The predicted octanol–water partition coefficient (Wildman–Crippen LogP) is 9.90. The molecule has 18 unspecified atom stereocenters. The molecular formula is C72H129O24P. The fourth-order valence-corrected chi connectivity index (χ4v) is 13.1. The van der Waals surface area contributed by atoms with Crippen molar-refractivity contribution in [3.8, 4) is 0 Å². The van der Waals surface area contributed by atoms with Crippen LogP contribution in [0, 0.1) is 0 Å². The van der Waals surface area contributed by atoms with Crippen molar-refractivity contribution in [2.75, 3.05) is 26.4 Å². The fraction of sp³-hybridized carbons (Fsp3) is 0.875. The third-order valence-corrected chi connectivity index (χ3v) is 19.2.